The minimum atomic E-state index is -0.0177. The smallest absolute Gasteiger partial charge is 0.221 e. The van der Waals surface area contributed by atoms with Crippen molar-refractivity contribution in [2.75, 3.05) is 39.7 Å². The number of amides is 1. The van der Waals surface area contributed by atoms with Crippen molar-refractivity contribution in [1.29, 1.82) is 0 Å². The van der Waals surface area contributed by atoms with E-state index in [4.69, 9.17) is 25.8 Å². The Morgan fingerprint density at radius 1 is 0.963 bits per heavy atom. The fraction of sp³-hybridized carbons (Fsp3) is 0.350. The number of hydrogen-bond acceptors (Lipinski definition) is 5. The number of benzene rings is 2. The quantitative estimate of drug-likeness (QED) is 0.647. The second kappa shape index (κ2) is 10.5. The van der Waals surface area contributed by atoms with E-state index in [9.17, 15) is 4.79 Å². The molecule has 146 valence electrons. The largest absolute Gasteiger partial charge is 0.497 e. The minimum absolute atomic E-state index is 0.0177. The Morgan fingerprint density at radius 2 is 1.67 bits per heavy atom. The summed E-state index contributed by atoms with van der Waals surface area (Å²) in [4.78, 5) is 12.0. The molecule has 0 heterocycles. The van der Waals surface area contributed by atoms with Crippen LogP contribution in [0, 0.1) is 0 Å². The first kappa shape index (κ1) is 20.7. The van der Waals surface area contributed by atoms with E-state index in [0.717, 1.165) is 23.4 Å². The van der Waals surface area contributed by atoms with Crippen LogP contribution in [0.1, 0.15) is 12.0 Å². The Bertz CT molecular complexity index is 750. The van der Waals surface area contributed by atoms with E-state index in [2.05, 4.69) is 10.6 Å². The van der Waals surface area contributed by atoms with Gasteiger partial charge in [-0.3, -0.25) is 4.79 Å². The van der Waals surface area contributed by atoms with Gasteiger partial charge >= 0.3 is 0 Å². The van der Waals surface area contributed by atoms with Crippen molar-refractivity contribution in [3.8, 4) is 17.2 Å². The number of carbonyl (C=O) groups is 1. The maximum Gasteiger partial charge on any atom is 0.221 e. The zero-order valence-corrected chi connectivity index (χ0v) is 16.6. The lowest BCUT2D eigenvalue weighted by molar-refractivity contribution is -0.120. The van der Waals surface area contributed by atoms with Gasteiger partial charge in [0.15, 0.2) is 0 Å². The molecule has 2 rings (SSSR count). The van der Waals surface area contributed by atoms with Crippen molar-refractivity contribution in [1.82, 2.24) is 5.32 Å². The highest BCUT2D eigenvalue weighted by atomic mass is 35.5. The van der Waals surface area contributed by atoms with Crippen molar-refractivity contribution in [2.45, 2.75) is 12.8 Å². The van der Waals surface area contributed by atoms with Gasteiger partial charge in [0, 0.05) is 31.6 Å². The highest BCUT2D eigenvalue weighted by molar-refractivity contribution is 6.32. The molecule has 1 amide bonds. The standard InChI is InChI=1S/C20H25ClN2O4/c1-25-15-6-4-14(5-7-15)8-10-23-20(24)9-11-22-17-13-18(26-2)16(21)12-19(17)27-3/h4-7,12-13,22H,8-11H2,1-3H3,(H,23,24). The van der Waals surface area contributed by atoms with E-state index in [-0.39, 0.29) is 5.91 Å². The number of rotatable bonds is 10. The van der Waals surface area contributed by atoms with Gasteiger partial charge < -0.3 is 24.8 Å². The summed E-state index contributed by atoms with van der Waals surface area (Å²) in [7, 11) is 4.75. The summed E-state index contributed by atoms with van der Waals surface area (Å²) in [5, 5.41) is 6.57. The third-order valence-electron chi connectivity index (χ3n) is 4.04. The van der Waals surface area contributed by atoms with Crippen molar-refractivity contribution in [2.24, 2.45) is 0 Å². The number of halogens is 1. The molecule has 0 aromatic heterocycles. The predicted molar refractivity (Wildman–Crippen MR) is 107 cm³/mol. The number of nitrogens with one attached hydrogen (secondary N) is 2. The number of ether oxygens (including phenoxy) is 3. The van der Waals surface area contributed by atoms with Crippen molar-refractivity contribution >= 4 is 23.2 Å². The molecule has 0 radical (unpaired) electrons. The zero-order valence-electron chi connectivity index (χ0n) is 15.8. The second-order valence-corrected chi connectivity index (χ2v) is 6.22. The molecule has 2 aromatic rings. The Hall–Kier alpha value is -2.60. The molecule has 2 N–H and O–H groups in total. The summed E-state index contributed by atoms with van der Waals surface area (Å²) in [6.45, 7) is 1.05. The molecule has 7 heteroatoms. The Kier molecular flexibility index (Phi) is 8.07. The molecule has 0 spiro atoms. The average molecular weight is 393 g/mol. The van der Waals surface area contributed by atoms with Gasteiger partial charge in [-0.2, -0.15) is 0 Å². The van der Waals surface area contributed by atoms with Gasteiger partial charge in [-0.1, -0.05) is 23.7 Å². The van der Waals surface area contributed by atoms with E-state index in [1.807, 2.05) is 24.3 Å². The maximum atomic E-state index is 12.0. The average Bonchev–Trinajstić information content (AvgIpc) is 2.69. The first-order valence-corrected chi connectivity index (χ1v) is 9.00. The summed E-state index contributed by atoms with van der Waals surface area (Å²) in [5.41, 5.74) is 1.87. The Balaban J connectivity index is 1.75. The van der Waals surface area contributed by atoms with Crippen LogP contribution in [0.2, 0.25) is 5.02 Å². The predicted octanol–water partition coefficient (Wildman–Crippen LogP) is 3.53. The topological polar surface area (TPSA) is 68.8 Å². The van der Waals surface area contributed by atoms with Crippen LogP contribution in [-0.4, -0.2) is 40.3 Å². The fourth-order valence-electron chi connectivity index (χ4n) is 2.54. The summed E-state index contributed by atoms with van der Waals surface area (Å²) in [5.74, 6) is 1.95. The molecule has 0 aliphatic carbocycles. The number of anilines is 1. The normalized spacial score (nSPS) is 10.2. The molecule has 0 aliphatic heterocycles. The molecule has 27 heavy (non-hydrogen) atoms. The summed E-state index contributed by atoms with van der Waals surface area (Å²) in [6.07, 6.45) is 1.11. The SMILES string of the molecule is COc1ccc(CCNC(=O)CCNc2cc(OC)c(Cl)cc2OC)cc1. The molecule has 0 atom stereocenters. The van der Waals surface area contributed by atoms with Crippen LogP contribution in [0.3, 0.4) is 0 Å². The summed E-state index contributed by atoms with van der Waals surface area (Å²) in [6, 6.07) is 11.2. The van der Waals surface area contributed by atoms with E-state index in [0.29, 0.717) is 36.0 Å². The van der Waals surface area contributed by atoms with Crippen LogP contribution in [0.25, 0.3) is 0 Å². The molecule has 0 bridgehead atoms. The molecule has 0 fully saturated rings. The minimum Gasteiger partial charge on any atom is -0.497 e. The Morgan fingerprint density at radius 3 is 2.30 bits per heavy atom. The highest BCUT2D eigenvalue weighted by Crippen LogP contribution is 2.35. The van der Waals surface area contributed by atoms with Gasteiger partial charge in [-0.15, -0.1) is 0 Å². The van der Waals surface area contributed by atoms with Crippen LogP contribution in [0.15, 0.2) is 36.4 Å². The first-order valence-electron chi connectivity index (χ1n) is 8.62. The monoisotopic (exact) mass is 392 g/mol. The zero-order chi connectivity index (χ0) is 19.6. The highest BCUT2D eigenvalue weighted by Gasteiger charge is 2.10. The second-order valence-electron chi connectivity index (χ2n) is 5.81. The van der Waals surface area contributed by atoms with E-state index >= 15 is 0 Å². The van der Waals surface area contributed by atoms with Crippen LogP contribution in [0.4, 0.5) is 5.69 Å². The van der Waals surface area contributed by atoms with Gasteiger partial charge in [0.2, 0.25) is 5.91 Å². The third kappa shape index (κ3) is 6.25. The van der Waals surface area contributed by atoms with Gasteiger partial charge in [0.05, 0.1) is 32.0 Å². The first-order chi connectivity index (χ1) is 13.1. The van der Waals surface area contributed by atoms with Gasteiger partial charge in [0.1, 0.15) is 17.2 Å². The fourth-order valence-corrected chi connectivity index (χ4v) is 2.77. The van der Waals surface area contributed by atoms with E-state index < -0.39 is 0 Å². The van der Waals surface area contributed by atoms with Crippen molar-refractivity contribution < 1.29 is 19.0 Å². The number of methoxy groups -OCH3 is 3. The number of hydrogen-bond donors (Lipinski definition) is 2. The van der Waals surface area contributed by atoms with Crippen molar-refractivity contribution in [3.05, 3.63) is 47.0 Å². The Labute approximate surface area is 164 Å². The molecule has 0 unspecified atom stereocenters. The van der Waals surface area contributed by atoms with Gasteiger partial charge in [0.25, 0.3) is 0 Å². The van der Waals surface area contributed by atoms with E-state index in [1.165, 1.54) is 0 Å². The van der Waals surface area contributed by atoms with Crippen LogP contribution < -0.4 is 24.8 Å². The molecule has 0 saturated carbocycles. The lowest BCUT2D eigenvalue weighted by Gasteiger charge is -2.14. The molecule has 0 saturated heterocycles. The summed E-state index contributed by atoms with van der Waals surface area (Å²) >= 11 is 6.09. The molecular formula is C20H25ClN2O4. The molecule has 6 nitrogen and oxygen atoms in total. The molecule has 0 aliphatic rings. The van der Waals surface area contributed by atoms with Gasteiger partial charge in [-0.05, 0) is 24.1 Å². The summed E-state index contributed by atoms with van der Waals surface area (Å²) < 4.78 is 15.6. The lowest BCUT2D eigenvalue weighted by atomic mass is 10.1. The van der Waals surface area contributed by atoms with Crippen molar-refractivity contribution in [3.63, 3.8) is 0 Å². The van der Waals surface area contributed by atoms with Crippen LogP contribution >= 0.6 is 11.6 Å². The lowest BCUT2D eigenvalue weighted by Crippen LogP contribution is -2.27. The van der Waals surface area contributed by atoms with E-state index in [1.54, 1.807) is 33.5 Å². The maximum absolute atomic E-state index is 12.0. The van der Waals surface area contributed by atoms with Crippen LogP contribution in [0.5, 0.6) is 17.2 Å². The number of carbonyl (C=O) groups excluding carboxylic acids is 1. The molecular weight excluding hydrogens is 368 g/mol. The van der Waals surface area contributed by atoms with Crippen LogP contribution in [-0.2, 0) is 11.2 Å². The third-order valence-corrected chi connectivity index (χ3v) is 4.33. The molecule has 2 aromatic carbocycles. The van der Waals surface area contributed by atoms with Gasteiger partial charge in [-0.25, -0.2) is 0 Å².